The fourth-order valence-electron chi connectivity index (χ4n) is 2.29. The first-order valence-electron chi connectivity index (χ1n) is 7.45. The number of nitrogens with zero attached hydrogens (tertiary/aromatic N) is 3. The normalized spacial score (nSPS) is 10.7. The molecule has 25 heavy (non-hydrogen) atoms. The van der Waals surface area contributed by atoms with Crippen molar-refractivity contribution in [2.75, 3.05) is 11.1 Å². The molecule has 0 saturated carbocycles. The molecule has 1 aromatic heterocycles. The van der Waals surface area contributed by atoms with Crippen molar-refractivity contribution in [3.05, 3.63) is 69.3 Å². The van der Waals surface area contributed by atoms with Crippen molar-refractivity contribution in [2.24, 2.45) is 0 Å². The second-order valence-corrected chi connectivity index (χ2v) is 6.32. The highest BCUT2D eigenvalue weighted by atomic mass is 35.5. The summed E-state index contributed by atoms with van der Waals surface area (Å²) in [7, 11) is 0. The first kappa shape index (κ1) is 17.3. The van der Waals surface area contributed by atoms with Gasteiger partial charge in [0.25, 0.3) is 5.91 Å². The summed E-state index contributed by atoms with van der Waals surface area (Å²) in [5, 5.41) is 11.5. The van der Waals surface area contributed by atoms with Crippen molar-refractivity contribution in [1.29, 1.82) is 0 Å². The van der Waals surface area contributed by atoms with E-state index in [4.69, 9.17) is 28.9 Å². The standard InChI is InChI=1S/C17H15Cl2N5O/c1-10-6-7-14(13(19)8-10)21-17(25)15-16(20)24(23-22-15)9-11-4-2-3-5-12(11)18/h2-8H,9,20H2,1H3,(H,21,25). The van der Waals surface area contributed by atoms with Crippen LogP contribution in [0.25, 0.3) is 0 Å². The number of nitrogen functional groups attached to an aromatic ring is 1. The zero-order valence-corrected chi connectivity index (χ0v) is 14.8. The summed E-state index contributed by atoms with van der Waals surface area (Å²) < 4.78 is 1.42. The molecular weight excluding hydrogens is 361 g/mol. The van der Waals surface area contributed by atoms with E-state index in [0.717, 1.165) is 11.1 Å². The Hall–Kier alpha value is -2.57. The van der Waals surface area contributed by atoms with E-state index in [2.05, 4.69) is 15.6 Å². The minimum absolute atomic E-state index is 0.0312. The van der Waals surface area contributed by atoms with Gasteiger partial charge in [-0.15, -0.1) is 5.10 Å². The molecule has 3 aromatic rings. The van der Waals surface area contributed by atoms with Crippen molar-refractivity contribution in [2.45, 2.75) is 13.5 Å². The summed E-state index contributed by atoms with van der Waals surface area (Å²) in [5.41, 5.74) is 8.36. The van der Waals surface area contributed by atoms with Crippen LogP contribution in [0.3, 0.4) is 0 Å². The number of rotatable bonds is 4. The van der Waals surface area contributed by atoms with E-state index in [9.17, 15) is 4.79 Å². The van der Waals surface area contributed by atoms with Gasteiger partial charge in [-0.05, 0) is 36.2 Å². The van der Waals surface area contributed by atoms with Crippen LogP contribution in [0.1, 0.15) is 21.6 Å². The lowest BCUT2D eigenvalue weighted by atomic mass is 10.2. The predicted octanol–water partition coefficient (Wildman–Crippen LogP) is 3.78. The van der Waals surface area contributed by atoms with Crippen molar-refractivity contribution in [1.82, 2.24) is 15.0 Å². The minimum Gasteiger partial charge on any atom is -0.382 e. The SMILES string of the molecule is Cc1ccc(NC(=O)c2nnn(Cc3ccccc3Cl)c2N)c(Cl)c1. The van der Waals surface area contributed by atoms with E-state index in [1.165, 1.54) is 4.68 Å². The van der Waals surface area contributed by atoms with E-state index in [0.29, 0.717) is 22.3 Å². The number of anilines is 2. The van der Waals surface area contributed by atoms with Gasteiger partial charge in [0.2, 0.25) is 0 Å². The number of hydrogen-bond donors (Lipinski definition) is 2. The fraction of sp³-hybridized carbons (Fsp3) is 0.118. The average molecular weight is 376 g/mol. The van der Waals surface area contributed by atoms with Crippen LogP contribution in [0.2, 0.25) is 10.0 Å². The Labute approximate surface area is 154 Å². The second kappa shape index (κ2) is 7.13. The minimum atomic E-state index is -0.478. The third-order valence-corrected chi connectivity index (χ3v) is 4.32. The van der Waals surface area contributed by atoms with Crippen LogP contribution in [-0.4, -0.2) is 20.9 Å². The molecule has 1 amide bonds. The fourth-order valence-corrected chi connectivity index (χ4v) is 2.77. The lowest BCUT2D eigenvalue weighted by molar-refractivity contribution is 0.102. The zero-order chi connectivity index (χ0) is 18.0. The summed E-state index contributed by atoms with van der Waals surface area (Å²) in [6.07, 6.45) is 0. The van der Waals surface area contributed by atoms with Gasteiger partial charge in [0.1, 0.15) is 0 Å². The molecule has 0 spiro atoms. The highest BCUT2D eigenvalue weighted by molar-refractivity contribution is 6.34. The van der Waals surface area contributed by atoms with E-state index >= 15 is 0 Å². The Morgan fingerprint density at radius 2 is 1.96 bits per heavy atom. The molecular formula is C17H15Cl2N5O. The monoisotopic (exact) mass is 375 g/mol. The number of aryl methyl sites for hydroxylation is 1. The summed E-state index contributed by atoms with van der Waals surface area (Å²) in [6, 6.07) is 12.7. The molecule has 0 saturated heterocycles. The molecule has 2 aromatic carbocycles. The van der Waals surface area contributed by atoms with Gasteiger partial charge in [0, 0.05) is 5.02 Å². The number of nitrogens with one attached hydrogen (secondary N) is 1. The molecule has 0 atom stereocenters. The maximum absolute atomic E-state index is 12.4. The number of aromatic nitrogens is 3. The number of nitrogens with two attached hydrogens (primary N) is 1. The van der Waals surface area contributed by atoms with Crippen molar-refractivity contribution < 1.29 is 4.79 Å². The number of carbonyl (C=O) groups is 1. The zero-order valence-electron chi connectivity index (χ0n) is 13.3. The summed E-state index contributed by atoms with van der Waals surface area (Å²) in [5.74, 6) is -0.325. The topological polar surface area (TPSA) is 85.8 Å². The molecule has 8 heteroatoms. The average Bonchev–Trinajstić information content (AvgIpc) is 2.93. The van der Waals surface area contributed by atoms with Gasteiger partial charge < -0.3 is 11.1 Å². The molecule has 0 aliphatic rings. The van der Waals surface area contributed by atoms with Crippen LogP contribution in [-0.2, 0) is 6.54 Å². The molecule has 6 nitrogen and oxygen atoms in total. The quantitative estimate of drug-likeness (QED) is 0.726. The van der Waals surface area contributed by atoms with Crippen LogP contribution in [0, 0.1) is 6.92 Å². The van der Waals surface area contributed by atoms with E-state index in [1.807, 2.05) is 31.2 Å². The van der Waals surface area contributed by atoms with Crippen LogP contribution in [0.4, 0.5) is 11.5 Å². The number of hydrogen-bond acceptors (Lipinski definition) is 4. The Balaban J connectivity index is 1.80. The largest absolute Gasteiger partial charge is 0.382 e. The van der Waals surface area contributed by atoms with Crippen LogP contribution in [0.15, 0.2) is 42.5 Å². The van der Waals surface area contributed by atoms with Gasteiger partial charge in [-0.1, -0.05) is 52.7 Å². The van der Waals surface area contributed by atoms with Gasteiger partial charge in [-0.3, -0.25) is 4.79 Å². The molecule has 0 aliphatic carbocycles. The molecule has 0 unspecified atom stereocenters. The number of halogens is 2. The molecule has 1 heterocycles. The Kier molecular flexibility index (Phi) is 4.92. The summed E-state index contributed by atoms with van der Waals surface area (Å²) >= 11 is 12.3. The highest BCUT2D eigenvalue weighted by Crippen LogP contribution is 2.24. The molecule has 0 fully saturated rings. The third kappa shape index (κ3) is 3.75. The molecule has 3 N–H and O–H groups in total. The van der Waals surface area contributed by atoms with Gasteiger partial charge in [0.15, 0.2) is 11.5 Å². The highest BCUT2D eigenvalue weighted by Gasteiger charge is 2.19. The Bertz CT molecular complexity index is 939. The van der Waals surface area contributed by atoms with Crippen molar-refractivity contribution in [3.63, 3.8) is 0 Å². The van der Waals surface area contributed by atoms with Gasteiger partial charge in [-0.25, -0.2) is 4.68 Å². The summed E-state index contributed by atoms with van der Waals surface area (Å²) in [4.78, 5) is 12.4. The summed E-state index contributed by atoms with van der Waals surface area (Å²) in [6.45, 7) is 2.23. The van der Waals surface area contributed by atoms with Crippen molar-refractivity contribution >= 4 is 40.6 Å². The number of carbonyl (C=O) groups excluding carboxylic acids is 1. The smallest absolute Gasteiger partial charge is 0.280 e. The lowest BCUT2D eigenvalue weighted by Crippen LogP contribution is -2.15. The lowest BCUT2D eigenvalue weighted by Gasteiger charge is -2.07. The molecule has 128 valence electrons. The maximum Gasteiger partial charge on any atom is 0.280 e. The van der Waals surface area contributed by atoms with Crippen LogP contribution in [0.5, 0.6) is 0 Å². The first-order chi connectivity index (χ1) is 12.0. The van der Waals surface area contributed by atoms with E-state index < -0.39 is 5.91 Å². The molecule has 0 aliphatic heterocycles. The maximum atomic E-state index is 12.4. The van der Waals surface area contributed by atoms with Gasteiger partial charge >= 0.3 is 0 Å². The van der Waals surface area contributed by atoms with Crippen LogP contribution >= 0.6 is 23.2 Å². The van der Waals surface area contributed by atoms with Crippen LogP contribution < -0.4 is 11.1 Å². The predicted molar refractivity (Wildman–Crippen MR) is 99.1 cm³/mol. The molecule has 0 bridgehead atoms. The van der Waals surface area contributed by atoms with Gasteiger partial charge in [-0.2, -0.15) is 0 Å². The first-order valence-corrected chi connectivity index (χ1v) is 8.21. The van der Waals surface area contributed by atoms with Crippen molar-refractivity contribution in [3.8, 4) is 0 Å². The molecule has 0 radical (unpaired) electrons. The Morgan fingerprint density at radius 3 is 2.68 bits per heavy atom. The van der Waals surface area contributed by atoms with E-state index in [-0.39, 0.29) is 11.5 Å². The molecule has 3 rings (SSSR count). The third-order valence-electron chi connectivity index (χ3n) is 3.64. The van der Waals surface area contributed by atoms with Gasteiger partial charge in [0.05, 0.1) is 17.3 Å². The second-order valence-electron chi connectivity index (χ2n) is 5.51. The number of amides is 1. The number of benzene rings is 2. The Morgan fingerprint density at radius 1 is 1.20 bits per heavy atom. The van der Waals surface area contributed by atoms with E-state index in [1.54, 1.807) is 18.2 Å².